The van der Waals surface area contributed by atoms with E-state index in [4.69, 9.17) is 0 Å². The van der Waals surface area contributed by atoms with Crippen molar-refractivity contribution in [2.24, 2.45) is 0 Å². The van der Waals surface area contributed by atoms with Gasteiger partial charge in [-0.3, -0.25) is 0 Å². The Kier molecular flexibility index (Phi) is 2.45. The molecule has 17 heavy (non-hydrogen) atoms. The van der Waals surface area contributed by atoms with Crippen LogP contribution >= 0.6 is 0 Å². The zero-order chi connectivity index (χ0) is 11.7. The predicted molar refractivity (Wildman–Crippen MR) is 72.3 cm³/mol. The van der Waals surface area contributed by atoms with Crippen LogP contribution in [0, 0.1) is 6.92 Å². The van der Waals surface area contributed by atoms with E-state index in [2.05, 4.69) is 66.5 Å². The van der Waals surface area contributed by atoms with Gasteiger partial charge in [-0.1, -0.05) is 42.5 Å². The zero-order valence-electron chi connectivity index (χ0n) is 9.90. The van der Waals surface area contributed by atoms with E-state index >= 15 is 0 Å². The van der Waals surface area contributed by atoms with Crippen molar-refractivity contribution in [1.29, 1.82) is 0 Å². The molecule has 0 bridgehead atoms. The molecule has 0 fully saturated rings. The highest BCUT2D eigenvalue weighted by molar-refractivity contribution is 5.83. The molecule has 1 N–H and O–H groups in total. The summed E-state index contributed by atoms with van der Waals surface area (Å²) in [6, 6.07) is 19.4. The summed E-state index contributed by atoms with van der Waals surface area (Å²) >= 11 is 0. The van der Waals surface area contributed by atoms with Crippen molar-refractivity contribution in [1.82, 2.24) is 4.98 Å². The molecule has 0 saturated heterocycles. The number of benzene rings is 2. The van der Waals surface area contributed by atoms with Crippen LogP contribution in [0.25, 0.3) is 10.8 Å². The predicted octanol–water partition coefficient (Wildman–Crippen LogP) is 4.07. The van der Waals surface area contributed by atoms with E-state index in [1.54, 1.807) is 0 Å². The first-order chi connectivity index (χ1) is 8.31. The third-order valence-electron chi connectivity index (χ3n) is 3.10. The molecular weight excluding hydrogens is 206 g/mol. The minimum atomic E-state index is 0.971. The Bertz CT molecular complexity index is 649. The van der Waals surface area contributed by atoms with E-state index in [-0.39, 0.29) is 0 Å². The van der Waals surface area contributed by atoms with Gasteiger partial charge in [0.05, 0.1) is 0 Å². The summed E-state index contributed by atoms with van der Waals surface area (Å²) in [6.45, 7) is 2.09. The molecule has 1 heterocycles. The van der Waals surface area contributed by atoms with E-state index in [1.165, 1.54) is 27.7 Å². The van der Waals surface area contributed by atoms with Crippen LogP contribution in [-0.4, -0.2) is 4.98 Å². The van der Waals surface area contributed by atoms with Gasteiger partial charge in [0, 0.05) is 17.8 Å². The Labute approximate surface area is 101 Å². The molecule has 0 radical (unpaired) electrons. The number of aryl methyl sites for hydroxylation is 1. The molecule has 0 aliphatic rings. The number of fused-ring (bicyclic) bond motifs is 1. The lowest BCUT2D eigenvalue weighted by Crippen LogP contribution is -1.88. The second-order valence-corrected chi connectivity index (χ2v) is 4.52. The van der Waals surface area contributed by atoms with Gasteiger partial charge in [-0.05, 0) is 35.4 Å². The molecule has 2 aromatic carbocycles. The summed E-state index contributed by atoms with van der Waals surface area (Å²) in [6.07, 6.45) is 0.971. The van der Waals surface area contributed by atoms with E-state index in [0.717, 1.165) is 6.42 Å². The second-order valence-electron chi connectivity index (χ2n) is 4.52. The van der Waals surface area contributed by atoms with Crippen LogP contribution in [0.1, 0.15) is 17.0 Å². The third-order valence-corrected chi connectivity index (χ3v) is 3.10. The van der Waals surface area contributed by atoms with E-state index < -0.39 is 0 Å². The summed E-state index contributed by atoms with van der Waals surface area (Å²) in [4.78, 5) is 3.37. The molecule has 84 valence electrons. The van der Waals surface area contributed by atoms with Gasteiger partial charge >= 0.3 is 0 Å². The molecule has 0 aliphatic heterocycles. The Morgan fingerprint density at radius 2 is 1.71 bits per heavy atom. The lowest BCUT2D eigenvalue weighted by Gasteiger charge is -2.02. The number of nitrogens with one attached hydrogen (secondary N) is 1. The highest BCUT2D eigenvalue weighted by Crippen LogP contribution is 2.17. The number of hydrogen-bond donors (Lipinski definition) is 1. The van der Waals surface area contributed by atoms with E-state index in [0.29, 0.717) is 0 Å². The monoisotopic (exact) mass is 221 g/mol. The van der Waals surface area contributed by atoms with Crippen LogP contribution < -0.4 is 0 Å². The Hall–Kier alpha value is -2.02. The van der Waals surface area contributed by atoms with Gasteiger partial charge in [0.1, 0.15) is 0 Å². The van der Waals surface area contributed by atoms with Crippen LogP contribution in [0.2, 0.25) is 0 Å². The lowest BCUT2D eigenvalue weighted by atomic mass is 10.0. The lowest BCUT2D eigenvalue weighted by molar-refractivity contribution is 1.08. The van der Waals surface area contributed by atoms with Crippen LogP contribution in [0.3, 0.4) is 0 Å². The molecule has 3 rings (SSSR count). The molecule has 1 nitrogen and oxygen atoms in total. The number of H-pyrrole nitrogens is 1. The van der Waals surface area contributed by atoms with Crippen molar-refractivity contribution >= 4 is 10.8 Å². The number of aromatic nitrogens is 1. The molecule has 0 saturated carbocycles. The summed E-state index contributed by atoms with van der Waals surface area (Å²) in [7, 11) is 0. The van der Waals surface area contributed by atoms with Gasteiger partial charge < -0.3 is 4.98 Å². The zero-order valence-corrected chi connectivity index (χ0v) is 9.90. The fraction of sp³-hybridized carbons (Fsp3) is 0.125. The largest absolute Gasteiger partial charge is 0.362 e. The molecular formula is C16H15N. The maximum Gasteiger partial charge on any atom is 0.0193 e. The SMILES string of the molecule is Cc1ccc(Cc2ccc3ccccc3c2)[nH]1. The van der Waals surface area contributed by atoms with Gasteiger partial charge in [0.15, 0.2) is 0 Å². The molecule has 0 aliphatic carbocycles. The van der Waals surface area contributed by atoms with Crippen LogP contribution in [0.4, 0.5) is 0 Å². The number of hydrogen-bond acceptors (Lipinski definition) is 0. The third kappa shape index (κ3) is 2.09. The molecule has 0 spiro atoms. The van der Waals surface area contributed by atoms with Crippen molar-refractivity contribution in [2.45, 2.75) is 13.3 Å². The minimum Gasteiger partial charge on any atom is -0.362 e. The first-order valence-electron chi connectivity index (χ1n) is 5.93. The van der Waals surface area contributed by atoms with E-state index in [1.807, 2.05) is 0 Å². The molecule has 3 aromatic rings. The molecule has 1 heteroatoms. The Morgan fingerprint density at radius 1 is 0.882 bits per heavy atom. The van der Waals surface area contributed by atoms with E-state index in [9.17, 15) is 0 Å². The maximum absolute atomic E-state index is 3.37. The fourth-order valence-electron chi connectivity index (χ4n) is 2.23. The van der Waals surface area contributed by atoms with Crippen LogP contribution in [-0.2, 0) is 6.42 Å². The average molecular weight is 221 g/mol. The molecule has 0 unspecified atom stereocenters. The van der Waals surface area contributed by atoms with Crippen molar-refractivity contribution in [3.63, 3.8) is 0 Å². The summed E-state index contributed by atoms with van der Waals surface area (Å²) in [5.41, 5.74) is 3.85. The van der Waals surface area contributed by atoms with Gasteiger partial charge in [-0.25, -0.2) is 0 Å². The standard InChI is InChI=1S/C16H15N/c1-12-6-9-16(17-12)11-13-7-8-14-4-2-3-5-15(14)10-13/h2-10,17H,11H2,1H3. The summed E-state index contributed by atoms with van der Waals surface area (Å²) in [5.74, 6) is 0. The van der Waals surface area contributed by atoms with Crippen molar-refractivity contribution < 1.29 is 0 Å². The highest BCUT2D eigenvalue weighted by Gasteiger charge is 1.99. The summed E-state index contributed by atoms with van der Waals surface area (Å²) in [5, 5.41) is 2.62. The van der Waals surface area contributed by atoms with Gasteiger partial charge in [0.25, 0.3) is 0 Å². The normalized spacial score (nSPS) is 10.9. The fourth-order valence-corrected chi connectivity index (χ4v) is 2.23. The van der Waals surface area contributed by atoms with Gasteiger partial charge in [0.2, 0.25) is 0 Å². The minimum absolute atomic E-state index is 0.971. The smallest absolute Gasteiger partial charge is 0.0193 e. The first-order valence-corrected chi connectivity index (χ1v) is 5.93. The van der Waals surface area contributed by atoms with Crippen molar-refractivity contribution in [2.75, 3.05) is 0 Å². The number of rotatable bonds is 2. The maximum atomic E-state index is 3.37. The van der Waals surface area contributed by atoms with Crippen molar-refractivity contribution in [3.8, 4) is 0 Å². The summed E-state index contributed by atoms with van der Waals surface area (Å²) < 4.78 is 0. The molecule has 1 aromatic heterocycles. The van der Waals surface area contributed by atoms with Gasteiger partial charge in [-0.15, -0.1) is 0 Å². The van der Waals surface area contributed by atoms with Crippen molar-refractivity contribution in [3.05, 3.63) is 71.5 Å². The highest BCUT2D eigenvalue weighted by atomic mass is 14.7. The van der Waals surface area contributed by atoms with Crippen LogP contribution in [0.5, 0.6) is 0 Å². The van der Waals surface area contributed by atoms with Crippen LogP contribution in [0.15, 0.2) is 54.6 Å². The average Bonchev–Trinajstić information content (AvgIpc) is 2.75. The molecule has 0 amide bonds. The molecule has 0 atom stereocenters. The quantitative estimate of drug-likeness (QED) is 0.671. The topological polar surface area (TPSA) is 15.8 Å². The Morgan fingerprint density at radius 3 is 2.47 bits per heavy atom. The number of aromatic amines is 1. The first kappa shape index (κ1) is 10.2. The second kappa shape index (κ2) is 4.10. The Balaban J connectivity index is 1.95. The van der Waals surface area contributed by atoms with Gasteiger partial charge in [-0.2, -0.15) is 0 Å².